The Labute approximate surface area is 124 Å². The zero-order valence-electron chi connectivity index (χ0n) is 11.0. The van der Waals surface area contributed by atoms with Gasteiger partial charge in [-0.3, -0.25) is 0 Å². The lowest BCUT2D eigenvalue weighted by atomic mass is 10.4. The first kappa shape index (κ1) is 13.9. The summed E-state index contributed by atoms with van der Waals surface area (Å²) >= 11 is 6.66. The van der Waals surface area contributed by atoms with Crippen LogP contribution in [0.3, 0.4) is 0 Å². The molecular weight excluding hydrogens is 291 g/mol. The number of hydrogen-bond acceptors (Lipinski definition) is 2. The highest BCUT2D eigenvalue weighted by atomic mass is 35.5. The van der Waals surface area contributed by atoms with Crippen molar-refractivity contribution in [1.29, 1.82) is 0 Å². The van der Waals surface area contributed by atoms with Crippen LogP contribution in [0.5, 0.6) is 0 Å². The third-order valence-electron chi connectivity index (χ3n) is 3.66. The Morgan fingerprint density at radius 2 is 1.45 bits per heavy atom. The van der Waals surface area contributed by atoms with Gasteiger partial charge in [-0.25, -0.2) is 0 Å². The van der Waals surface area contributed by atoms with E-state index in [1.54, 1.807) is 0 Å². The molecule has 2 aromatic rings. The minimum atomic E-state index is -3.04. The van der Waals surface area contributed by atoms with Gasteiger partial charge in [0, 0.05) is 23.6 Å². The Bertz CT molecular complexity index is 578. The monoisotopic (exact) mass is 306 g/mol. The Morgan fingerprint density at radius 1 is 0.950 bits per heavy atom. The van der Waals surface area contributed by atoms with Crippen molar-refractivity contribution >= 4 is 29.4 Å². The van der Waals surface area contributed by atoms with Gasteiger partial charge < -0.3 is 9.30 Å². The van der Waals surface area contributed by atoms with Crippen LogP contribution in [0.1, 0.15) is 12.8 Å². The van der Waals surface area contributed by atoms with Gasteiger partial charge >= 0.3 is 0 Å². The van der Waals surface area contributed by atoms with Crippen molar-refractivity contribution in [3.63, 3.8) is 0 Å². The molecule has 0 radical (unpaired) electrons. The van der Waals surface area contributed by atoms with Gasteiger partial charge in [-0.15, -0.1) is 0 Å². The molecule has 0 aromatic heterocycles. The lowest BCUT2D eigenvalue weighted by Crippen LogP contribution is -2.32. The standard InChI is InChI=1S/C16H16ClO2P/c17-16(12-7-13-19-16)20(18,14-8-3-1-4-9-14)15-10-5-2-6-11-15/h1-6,8-11H,7,12-13H2. The van der Waals surface area contributed by atoms with E-state index in [0.717, 1.165) is 17.0 Å². The number of rotatable bonds is 3. The lowest BCUT2D eigenvalue weighted by molar-refractivity contribution is 0.136. The van der Waals surface area contributed by atoms with Crippen molar-refractivity contribution in [3.8, 4) is 0 Å². The highest BCUT2D eigenvalue weighted by Gasteiger charge is 2.52. The van der Waals surface area contributed by atoms with Gasteiger partial charge in [0.15, 0.2) is 7.14 Å². The molecule has 1 saturated heterocycles. The van der Waals surface area contributed by atoms with Crippen LogP contribution in [0, 0.1) is 0 Å². The summed E-state index contributed by atoms with van der Waals surface area (Å²) in [5.74, 6) is 0. The number of ether oxygens (including phenoxy) is 1. The third-order valence-corrected chi connectivity index (χ3v) is 8.02. The molecule has 0 amide bonds. The summed E-state index contributed by atoms with van der Waals surface area (Å²) in [5.41, 5.74) is 0. The molecule has 1 heterocycles. The van der Waals surface area contributed by atoms with Gasteiger partial charge in [0.25, 0.3) is 0 Å². The first-order valence-corrected chi connectivity index (χ1v) is 8.79. The van der Waals surface area contributed by atoms with E-state index in [9.17, 15) is 4.57 Å². The second-order valence-corrected chi connectivity index (χ2v) is 8.77. The Balaban J connectivity index is 2.21. The summed E-state index contributed by atoms with van der Waals surface area (Å²) < 4.78 is 19.6. The van der Waals surface area contributed by atoms with Crippen LogP contribution < -0.4 is 10.6 Å². The fourth-order valence-electron chi connectivity index (χ4n) is 2.65. The van der Waals surface area contributed by atoms with Crippen molar-refractivity contribution < 1.29 is 9.30 Å². The Morgan fingerprint density at radius 3 is 1.85 bits per heavy atom. The molecule has 0 spiro atoms. The number of benzene rings is 2. The molecule has 20 heavy (non-hydrogen) atoms. The van der Waals surface area contributed by atoms with E-state index in [2.05, 4.69) is 0 Å². The molecule has 1 aliphatic heterocycles. The van der Waals surface area contributed by atoms with Crippen LogP contribution in [0.4, 0.5) is 0 Å². The van der Waals surface area contributed by atoms with E-state index in [0.29, 0.717) is 13.0 Å². The normalized spacial score (nSPS) is 22.9. The largest absolute Gasteiger partial charge is 0.352 e. The quantitative estimate of drug-likeness (QED) is 0.638. The maximum atomic E-state index is 13.9. The summed E-state index contributed by atoms with van der Waals surface area (Å²) in [5, 5.41) is 1.51. The van der Waals surface area contributed by atoms with Gasteiger partial charge in [0.2, 0.25) is 4.80 Å². The van der Waals surface area contributed by atoms with Crippen molar-refractivity contribution in [2.45, 2.75) is 17.6 Å². The van der Waals surface area contributed by atoms with E-state index >= 15 is 0 Å². The Kier molecular flexibility index (Phi) is 3.72. The van der Waals surface area contributed by atoms with Gasteiger partial charge in [0.05, 0.1) is 0 Å². The molecule has 0 N–H and O–H groups in total. The molecule has 2 aromatic carbocycles. The van der Waals surface area contributed by atoms with Crippen LogP contribution in [-0.4, -0.2) is 11.4 Å². The molecule has 1 fully saturated rings. The third kappa shape index (κ3) is 2.13. The zero-order chi connectivity index (χ0) is 14.1. The molecular formula is C16H16ClO2P. The molecule has 1 atom stereocenters. The first-order chi connectivity index (χ1) is 9.67. The molecule has 1 unspecified atom stereocenters. The molecule has 0 bridgehead atoms. The van der Waals surface area contributed by atoms with Crippen molar-refractivity contribution in [2.75, 3.05) is 6.61 Å². The van der Waals surface area contributed by atoms with E-state index < -0.39 is 11.9 Å². The van der Waals surface area contributed by atoms with Gasteiger partial charge in [-0.2, -0.15) is 0 Å². The fourth-order valence-corrected chi connectivity index (χ4v) is 6.45. The number of alkyl halides is 1. The molecule has 4 heteroatoms. The van der Waals surface area contributed by atoms with Gasteiger partial charge in [-0.05, 0) is 6.42 Å². The Hall–Kier alpha value is -1.08. The number of halogens is 1. The number of hydrogen-bond donors (Lipinski definition) is 0. The molecule has 0 aliphatic carbocycles. The minimum absolute atomic E-state index is 0.563. The van der Waals surface area contributed by atoms with E-state index in [-0.39, 0.29) is 0 Å². The highest BCUT2D eigenvalue weighted by molar-refractivity contribution is 7.81. The van der Waals surface area contributed by atoms with E-state index in [1.807, 2.05) is 60.7 Å². The molecule has 0 saturated carbocycles. The molecule has 3 rings (SSSR count). The summed E-state index contributed by atoms with van der Waals surface area (Å²) in [4.78, 5) is -1.12. The zero-order valence-corrected chi connectivity index (χ0v) is 12.7. The van der Waals surface area contributed by atoms with Crippen LogP contribution in [0.2, 0.25) is 0 Å². The molecule has 2 nitrogen and oxygen atoms in total. The summed E-state index contributed by atoms with van der Waals surface area (Å²) in [6.07, 6.45) is 1.45. The predicted octanol–water partition coefficient (Wildman–Crippen LogP) is 3.70. The van der Waals surface area contributed by atoms with Gasteiger partial charge in [0.1, 0.15) is 0 Å². The van der Waals surface area contributed by atoms with E-state index in [1.165, 1.54) is 0 Å². The van der Waals surface area contributed by atoms with Crippen LogP contribution in [-0.2, 0) is 9.30 Å². The van der Waals surface area contributed by atoms with Crippen LogP contribution in [0.25, 0.3) is 0 Å². The van der Waals surface area contributed by atoms with Crippen molar-refractivity contribution in [2.24, 2.45) is 0 Å². The summed E-state index contributed by atoms with van der Waals surface area (Å²) in [6.45, 7) is 0.563. The maximum absolute atomic E-state index is 13.9. The predicted molar refractivity (Wildman–Crippen MR) is 83.5 cm³/mol. The van der Waals surface area contributed by atoms with Crippen molar-refractivity contribution in [1.82, 2.24) is 0 Å². The van der Waals surface area contributed by atoms with Crippen LogP contribution >= 0.6 is 18.7 Å². The second-order valence-electron chi connectivity index (χ2n) is 4.92. The van der Waals surface area contributed by atoms with Crippen molar-refractivity contribution in [3.05, 3.63) is 60.7 Å². The van der Waals surface area contributed by atoms with Crippen LogP contribution in [0.15, 0.2) is 60.7 Å². The summed E-state index contributed by atoms with van der Waals surface area (Å²) in [7, 11) is -3.04. The average Bonchev–Trinajstić information content (AvgIpc) is 2.96. The van der Waals surface area contributed by atoms with Gasteiger partial charge in [-0.1, -0.05) is 72.3 Å². The first-order valence-electron chi connectivity index (χ1n) is 6.71. The lowest BCUT2D eigenvalue weighted by Gasteiger charge is -2.32. The smallest absolute Gasteiger partial charge is 0.202 e. The van der Waals surface area contributed by atoms with E-state index in [4.69, 9.17) is 16.3 Å². The minimum Gasteiger partial charge on any atom is -0.352 e. The SMILES string of the molecule is O=P(c1ccccc1)(c1ccccc1)C1(Cl)CCCO1. The summed E-state index contributed by atoms with van der Waals surface area (Å²) in [6, 6.07) is 18.9. The fraction of sp³-hybridized carbons (Fsp3) is 0.250. The molecule has 104 valence electrons. The molecule has 1 aliphatic rings. The second kappa shape index (κ2) is 5.37. The maximum Gasteiger partial charge on any atom is 0.202 e. The highest BCUT2D eigenvalue weighted by Crippen LogP contribution is 2.62. The average molecular weight is 307 g/mol. The topological polar surface area (TPSA) is 26.3 Å².